The van der Waals surface area contributed by atoms with Gasteiger partial charge in [-0.3, -0.25) is 9.78 Å². The summed E-state index contributed by atoms with van der Waals surface area (Å²) < 4.78 is 10.5. The molecule has 1 heterocycles. The number of benzene rings is 1. The van der Waals surface area contributed by atoms with Crippen molar-refractivity contribution < 1.29 is 14.3 Å². The first-order valence-electron chi connectivity index (χ1n) is 6.17. The van der Waals surface area contributed by atoms with Gasteiger partial charge in [-0.25, -0.2) is 0 Å². The monoisotopic (exact) mass is 272 g/mol. The van der Waals surface area contributed by atoms with Crippen LogP contribution in [0.25, 0.3) is 0 Å². The van der Waals surface area contributed by atoms with E-state index in [1.54, 1.807) is 43.6 Å². The van der Waals surface area contributed by atoms with Crippen LogP contribution >= 0.6 is 0 Å². The fraction of sp³-hybridized carbons (Fsp3) is 0.200. The molecule has 0 bridgehead atoms. The van der Waals surface area contributed by atoms with Gasteiger partial charge in [0.1, 0.15) is 11.5 Å². The zero-order valence-electron chi connectivity index (χ0n) is 11.4. The van der Waals surface area contributed by atoms with E-state index in [0.717, 1.165) is 5.69 Å². The highest BCUT2D eigenvalue weighted by Crippen LogP contribution is 2.18. The highest BCUT2D eigenvalue weighted by molar-refractivity contribution is 5.91. The number of ether oxygens (including phenoxy) is 2. The highest BCUT2D eigenvalue weighted by Gasteiger charge is 2.04. The van der Waals surface area contributed by atoms with Gasteiger partial charge < -0.3 is 14.8 Å². The Hall–Kier alpha value is -2.56. The molecule has 0 spiro atoms. The van der Waals surface area contributed by atoms with Crippen molar-refractivity contribution in [3.8, 4) is 11.5 Å². The highest BCUT2D eigenvalue weighted by atomic mass is 16.5. The first-order valence-corrected chi connectivity index (χ1v) is 6.17. The fourth-order valence-electron chi connectivity index (χ4n) is 1.66. The van der Waals surface area contributed by atoms with E-state index in [2.05, 4.69) is 10.3 Å². The smallest absolute Gasteiger partial charge is 0.262 e. The Balaban J connectivity index is 1.88. The predicted molar refractivity (Wildman–Crippen MR) is 76.1 cm³/mol. The summed E-state index contributed by atoms with van der Waals surface area (Å²) in [4.78, 5) is 15.8. The van der Waals surface area contributed by atoms with E-state index in [4.69, 9.17) is 9.47 Å². The summed E-state index contributed by atoms with van der Waals surface area (Å²) in [7, 11) is 1.58. The van der Waals surface area contributed by atoms with E-state index >= 15 is 0 Å². The van der Waals surface area contributed by atoms with Gasteiger partial charge in [0.25, 0.3) is 5.91 Å². The van der Waals surface area contributed by atoms with Crippen molar-refractivity contribution in [3.63, 3.8) is 0 Å². The van der Waals surface area contributed by atoms with E-state index < -0.39 is 0 Å². The zero-order chi connectivity index (χ0) is 14.4. The summed E-state index contributed by atoms with van der Waals surface area (Å²) in [5.74, 6) is 1.05. The first kappa shape index (κ1) is 13.9. The second-order valence-electron chi connectivity index (χ2n) is 4.20. The molecule has 0 atom stereocenters. The third-order valence-corrected chi connectivity index (χ3v) is 2.59. The molecule has 2 rings (SSSR count). The minimum absolute atomic E-state index is 0.0610. The lowest BCUT2D eigenvalue weighted by Crippen LogP contribution is -2.20. The van der Waals surface area contributed by atoms with Crippen LogP contribution in [0.2, 0.25) is 0 Å². The largest absolute Gasteiger partial charge is 0.497 e. The number of hydrogen-bond acceptors (Lipinski definition) is 4. The fourth-order valence-corrected chi connectivity index (χ4v) is 1.66. The first-order chi connectivity index (χ1) is 9.67. The topological polar surface area (TPSA) is 60.5 Å². The van der Waals surface area contributed by atoms with Crippen LogP contribution in [-0.4, -0.2) is 24.6 Å². The van der Waals surface area contributed by atoms with Crippen molar-refractivity contribution >= 4 is 11.6 Å². The van der Waals surface area contributed by atoms with E-state index in [1.165, 1.54) is 0 Å². The summed E-state index contributed by atoms with van der Waals surface area (Å²) in [6.45, 7) is 1.80. The number of methoxy groups -OCH3 is 1. The zero-order valence-corrected chi connectivity index (χ0v) is 11.4. The maximum absolute atomic E-state index is 11.8. The number of aromatic nitrogens is 1. The molecule has 20 heavy (non-hydrogen) atoms. The SMILES string of the molecule is COc1cccc(OCC(=O)Nc2ccnc(C)c2)c1. The van der Waals surface area contributed by atoms with Crippen molar-refractivity contribution in [1.82, 2.24) is 4.98 Å². The second kappa shape index (κ2) is 6.56. The van der Waals surface area contributed by atoms with Gasteiger partial charge in [-0.05, 0) is 31.2 Å². The number of hydrogen-bond donors (Lipinski definition) is 1. The molecule has 5 nitrogen and oxygen atoms in total. The Morgan fingerprint density at radius 2 is 2.05 bits per heavy atom. The Labute approximate surface area is 117 Å². The second-order valence-corrected chi connectivity index (χ2v) is 4.20. The minimum Gasteiger partial charge on any atom is -0.497 e. The molecule has 0 saturated carbocycles. The molecule has 1 aromatic heterocycles. The number of nitrogens with one attached hydrogen (secondary N) is 1. The standard InChI is InChI=1S/C15H16N2O3/c1-11-8-12(6-7-16-11)17-15(18)10-20-14-5-3-4-13(9-14)19-2/h3-9H,10H2,1-2H3,(H,16,17,18). The molecule has 0 fully saturated rings. The molecule has 0 aliphatic carbocycles. The average Bonchev–Trinajstić information content (AvgIpc) is 2.45. The van der Waals surface area contributed by atoms with Crippen LogP contribution in [0.4, 0.5) is 5.69 Å². The van der Waals surface area contributed by atoms with Crippen molar-refractivity contribution in [2.24, 2.45) is 0 Å². The van der Waals surface area contributed by atoms with Gasteiger partial charge in [0.2, 0.25) is 0 Å². The van der Waals surface area contributed by atoms with E-state index in [9.17, 15) is 4.79 Å². The van der Waals surface area contributed by atoms with Crippen LogP contribution in [0.5, 0.6) is 11.5 Å². The van der Waals surface area contributed by atoms with E-state index in [0.29, 0.717) is 17.2 Å². The number of carbonyl (C=O) groups excluding carboxylic acids is 1. The van der Waals surface area contributed by atoms with Gasteiger partial charge >= 0.3 is 0 Å². The molecule has 0 aliphatic heterocycles. The molecule has 0 aliphatic rings. The lowest BCUT2D eigenvalue weighted by Gasteiger charge is -2.08. The number of aryl methyl sites for hydroxylation is 1. The summed E-state index contributed by atoms with van der Waals surface area (Å²) in [6, 6.07) is 10.6. The quantitative estimate of drug-likeness (QED) is 0.908. The molecule has 0 radical (unpaired) electrons. The van der Waals surface area contributed by atoms with Crippen LogP contribution in [0.3, 0.4) is 0 Å². The molecule has 104 valence electrons. The summed E-state index contributed by atoms with van der Waals surface area (Å²) in [5.41, 5.74) is 1.55. The van der Waals surface area contributed by atoms with Gasteiger partial charge in [-0.1, -0.05) is 6.07 Å². The normalized spacial score (nSPS) is 9.90. The minimum atomic E-state index is -0.224. The Morgan fingerprint density at radius 3 is 2.80 bits per heavy atom. The van der Waals surface area contributed by atoms with Crippen LogP contribution in [0.1, 0.15) is 5.69 Å². The summed E-state index contributed by atoms with van der Waals surface area (Å²) in [5, 5.41) is 2.75. The Kier molecular flexibility index (Phi) is 4.55. The van der Waals surface area contributed by atoms with Gasteiger partial charge in [0.15, 0.2) is 6.61 Å². The Bertz CT molecular complexity index is 599. The number of carbonyl (C=O) groups is 1. The molecule has 1 amide bonds. The number of nitrogens with zero attached hydrogens (tertiary/aromatic N) is 1. The van der Waals surface area contributed by atoms with Crippen molar-refractivity contribution in [2.45, 2.75) is 6.92 Å². The number of rotatable bonds is 5. The van der Waals surface area contributed by atoms with E-state index in [-0.39, 0.29) is 12.5 Å². The number of amides is 1. The van der Waals surface area contributed by atoms with Crippen LogP contribution < -0.4 is 14.8 Å². The summed E-state index contributed by atoms with van der Waals surface area (Å²) >= 11 is 0. The van der Waals surface area contributed by atoms with E-state index in [1.807, 2.05) is 13.0 Å². The van der Waals surface area contributed by atoms with Gasteiger partial charge in [0, 0.05) is 23.6 Å². The van der Waals surface area contributed by atoms with Crippen LogP contribution in [0.15, 0.2) is 42.6 Å². The van der Waals surface area contributed by atoms with Crippen LogP contribution in [0, 0.1) is 6.92 Å². The molecule has 0 saturated heterocycles. The molecular weight excluding hydrogens is 256 g/mol. The molecule has 0 unspecified atom stereocenters. The molecule has 1 aromatic carbocycles. The Morgan fingerprint density at radius 1 is 1.25 bits per heavy atom. The maximum Gasteiger partial charge on any atom is 0.262 e. The summed E-state index contributed by atoms with van der Waals surface area (Å²) in [6.07, 6.45) is 1.65. The number of anilines is 1. The maximum atomic E-state index is 11.8. The third-order valence-electron chi connectivity index (χ3n) is 2.59. The average molecular weight is 272 g/mol. The third kappa shape index (κ3) is 3.98. The van der Waals surface area contributed by atoms with Gasteiger partial charge in [-0.15, -0.1) is 0 Å². The lowest BCUT2D eigenvalue weighted by molar-refractivity contribution is -0.118. The molecule has 5 heteroatoms. The van der Waals surface area contributed by atoms with Crippen molar-refractivity contribution in [3.05, 3.63) is 48.3 Å². The van der Waals surface area contributed by atoms with Crippen molar-refractivity contribution in [1.29, 1.82) is 0 Å². The molecule has 1 N–H and O–H groups in total. The van der Waals surface area contributed by atoms with Crippen molar-refractivity contribution in [2.75, 3.05) is 19.0 Å². The van der Waals surface area contributed by atoms with Gasteiger partial charge in [-0.2, -0.15) is 0 Å². The lowest BCUT2D eigenvalue weighted by atomic mass is 10.3. The number of pyridine rings is 1. The molecule has 2 aromatic rings. The van der Waals surface area contributed by atoms with Gasteiger partial charge in [0.05, 0.1) is 7.11 Å². The van der Waals surface area contributed by atoms with Crippen LogP contribution in [-0.2, 0) is 4.79 Å². The predicted octanol–water partition coefficient (Wildman–Crippen LogP) is 2.42. The molecular formula is C15H16N2O3.